The first-order valence-electron chi connectivity index (χ1n) is 4.88. The third-order valence-corrected chi connectivity index (χ3v) is 2.58. The summed E-state index contributed by atoms with van der Waals surface area (Å²) >= 11 is 0. The van der Waals surface area contributed by atoms with Crippen LogP contribution in [0.1, 0.15) is 35.3 Å². The van der Waals surface area contributed by atoms with Crippen molar-refractivity contribution >= 4 is 5.78 Å². The summed E-state index contributed by atoms with van der Waals surface area (Å²) < 4.78 is 5.22. The molecular weight excluding hydrogens is 178 g/mol. The van der Waals surface area contributed by atoms with Gasteiger partial charge in [0, 0.05) is 18.2 Å². The molecule has 3 nitrogen and oxygen atoms in total. The molecule has 0 aromatic carbocycles. The van der Waals surface area contributed by atoms with Gasteiger partial charge in [-0.3, -0.25) is 9.78 Å². The fourth-order valence-corrected chi connectivity index (χ4v) is 1.85. The fraction of sp³-hybridized carbons (Fsp3) is 0.455. The number of hydrogen-bond acceptors (Lipinski definition) is 3. The molecule has 0 spiro atoms. The van der Waals surface area contributed by atoms with Crippen molar-refractivity contribution in [2.24, 2.45) is 0 Å². The number of fused-ring (bicyclic) bond motifs is 1. The number of ketones is 1. The molecule has 1 heterocycles. The summed E-state index contributed by atoms with van der Waals surface area (Å²) in [6.45, 7) is 0. The molecule has 0 radical (unpaired) electrons. The van der Waals surface area contributed by atoms with Gasteiger partial charge in [0.15, 0.2) is 5.78 Å². The van der Waals surface area contributed by atoms with Gasteiger partial charge < -0.3 is 4.74 Å². The van der Waals surface area contributed by atoms with Crippen LogP contribution in [0.15, 0.2) is 12.3 Å². The van der Waals surface area contributed by atoms with Gasteiger partial charge in [-0.15, -0.1) is 0 Å². The standard InChI is InChI=1S/C11H13NO2/c1-14-10-6-7-12-11-8(10)4-2-3-5-9(11)13/h6-7H,2-5H2,1H3. The molecule has 0 bridgehead atoms. The molecule has 0 saturated carbocycles. The number of nitrogens with zero attached hydrogens (tertiary/aromatic N) is 1. The Hall–Kier alpha value is -1.38. The lowest BCUT2D eigenvalue weighted by Crippen LogP contribution is -2.05. The van der Waals surface area contributed by atoms with Crippen LogP contribution >= 0.6 is 0 Å². The van der Waals surface area contributed by atoms with Crippen LogP contribution in [0.4, 0.5) is 0 Å². The van der Waals surface area contributed by atoms with E-state index < -0.39 is 0 Å². The summed E-state index contributed by atoms with van der Waals surface area (Å²) in [7, 11) is 1.63. The van der Waals surface area contributed by atoms with E-state index in [1.165, 1.54) is 0 Å². The van der Waals surface area contributed by atoms with Gasteiger partial charge in [0.05, 0.1) is 7.11 Å². The molecule has 2 rings (SSSR count). The van der Waals surface area contributed by atoms with Crippen molar-refractivity contribution < 1.29 is 9.53 Å². The Labute approximate surface area is 83.1 Å². The van der Waals surface area contributed by atoms with Crippen molar-refractivity contribution in [3.63, 3.8) is 0 Å². The molecule has 74 valence electrons. The lowest BCUT2D eigenvalue weighted by atomic mass is 10.1. The molecule has 14 heavy (non-hydrogen) atoms. The summed E-state index contributed by atoms with van der Waals surface area (Å²) in [6.07, 6.45) is 5.16. The molecular formula is C11H13NO2. The molecule has 1 aliphatic carbocycles. The normalized spacial score (nSPS) is 15.9. The Morgan fingerprint density at radius 3 is 2.93 bits per heavy atom. The van der Waals surface area contributed by atoms with Crippen LogP contribution in [-0.4, -0.2) is 17.9 Å². The van der Waals surface area contributed by atoms with Crippen LogP contribution in [0.25, 0.3) is 0 Å². The molecule has 1 aromatic rings. The Balaban J connectivity index is 2.51. The van der Waals surface area contributed by atoms with Gasteiger partial charge in [-0.25, -0.2) is 0 Å². The minimum absolute atomic E-state index is 0.149. The van der Waals surface area contributed by atoms with E-state index in [2.05, 4.69) is 4.98 Å². The minimum atomic E-state index is 0.149. The smallest absolute Gasteiger partial charge is 0.181 e. The maximum Gasteiger partial charge on any atom is 0.181 e. The summed E-state index contributed by atoms with van der Waals surface area (Å²) in [5.41, 5.74) is 1.60. The maximum absolute atomic E-state index is 11.7. The number of aromatic nitrogens is 1. The van der Waals surface area contributed by atoms with Crippen LogP contribution in [-0.2, 0) is 6.42 Å². The van der Waals surface area contributed by atoms with Crippen LogP contribution in [0.2, 0.25) is 0 Å². The van der Waals surface area contributed by atoms with E-state index in [-0.39, 0.29) is 5.78 Å². The van der Waals surface area contributed by atoms with Gasteiger partial charge >= 0.3 is 0 Å². The van der Waals surface area contributed by atoms with E-state index in [1.54, 1.807) is 13.3 Å². The third-order valence-electron chi connectivity index (χ3n) is 2.58. The average molecular weight is 191 g/mol. The van der Waals surface area contributed by atoms with Crippen LogP contribution < -0.4 is 4.74 Å². The zero-order chi connectivity index (χ0) is 9.97. The number of rotatable bonds is 1. The molecule has 0 atom stereocenters. The maximum atomic E-state index is 11.7. The number of methoxy groups -OCH3 is 1. The van der Waals surface area contributed by atoms with Gasteiger partial charge in [-0.2, -0.15) is 0 Å². The quantitative estimate of drug-likeness (QED) is 0.637. The van der Waals surface area contributed by atoms with E-state index in [4.69, 9.17) is 4.74 Å². The zero-order valence-electron chi connectivity index (χ0n) is 8.25. The lowest BCUT2D eigenvalue weighted by molar-refractivity contribution is 0.0977. The first-order chi connectivity index (χ1) is 6.83. The highest BCUT2D eigenvalue weighted by Crippen LogP contribution is 2.26. The Morgan fingerprint density at radius 1 is 1.36 bits per heavy atom. The summed E-state index contributed by atoms with van der Waals surface area (Å²) in [5, 5.41) is 0. The second-order valence-corrected chi connectivity index (χ2v) is 3.47. The number of hydrogen-bond donors (Lipinski definition) is 0. The number of Topliss-reactive ketones (excluding diaryl/α,β-unsaturated/α-hetero) is 1. The Kier molecular flexibility index (Phi) is 2.48. The second-order valence-electron chi connectivity index (χ2n) is 3.47. The van der Waals surface area contributed by atoms with Crippen molar-refractivity contribution in [3.8, 4) is 5.75 Å². The first-order valence-corrected chi connectivity index (χ1v) is 4.88. The Morgan fingerprint density at radius 2 is 2.14 bits per heavy atom. The number of carbonyl (C=O) groups is 1. The Bertz CT molecular complexity index is 360. The summed E-state index contributed by atoms with van der Waals surface area (Å²) in [6, 6.07) is 1.82. The van der Waals surface area contributed by atoms with E-state index >= 15 is 0 Å². The number of pyridine rings is 1. The fourth-order valence-electron chi connectivity index (χ4n) is 1.85. The monoisotopic (exact) mass is 191 g/mol. The highest BCUT2D eigenvalue weighted by Gasteiger charge is 2.19. The van der Waals surface area contributed by atoms with Crippen molar-refractivity contribution in [2.75, 3.05) is 7.11 Å². The number of ether oxygens (including phenoxy) is 1. The van der Waals surface area contributed by atoms with Crippen LogP contribution in [0, 0.1) is 0 Å². The van der Waals surface area contributed by atoms with Gasteiger partial charge in [0.25, 0.3) is 0 Å². The van der Waals surface area contributed by atoms with E-state index in [0.717, 1.165) is 30.6 Å². The number of carbonyl (C=O) groups excluding carboxylic acids is 1. The molecule has 0 amide bonds. The van der Waals surface area contributed by atoms with Crippen molar-refractivity contribution in [2.45, 2.75) is 25.7 Å². The van der Waals surface area contributed by atoms with Crippen molar-refractivity contribution in [1.29, 1.82) is 0 Å². The van der Waals surface area contributed by atoms with Gasteiger partial charge in [0.2, 0.25) is 0 Å². The molecule has 0 saturated heterocycles. The third kappa shape index (κ3) is 1.50. The molecule has 0 fully saturated rings. The SMILES string of the molecule is COc1ccnc2c1CCCCC2=O. The molecule has 1 aromatic heterocycles. The minimum Gasteiger partial charge on any atom is -0.496 e. The molecule has 0 aliphatic heterocycles. The predicted octanol–water partition coefficient (Wildman–Crippen LogP) is 2.00. The van der Waals surface area contributed by atoms with Crippen molar-refractivity contribution in [3.05, 3.63) is 23.5 Å². The van der Waals surface area contributed by atoms with Gasteiger partial charge in [-0.05, 0) is 25.3 Å². The predicted molar refractivity (Wildman–Crippen MR) is 52.7 cm³/mol. The summed E-state index contributed by atoms with van der Waals surface area (Å²) in [4.78, 5) is 15.8. The molecule has 1 aliphatic rings. The van der Waals surface area contributed by atoms with E-state index in [9.17, 15) is 4.79 Å². The molecule has 0 unspecified atom stereocenters. The second kappa shape index (κ2) is 3.78. The largest absolute Gasteiger partial charge is 0.496 e. The molecule has 0 N–H and O–H groups in total. The van der Waals surface area contributed by atoms with Crippen LogP contribution in [0.5, 0.6) is 5.75 Å². The van der Waals surface area contributed by atoms with Gasteiger partial charge in [0.1, 0.15) is 11.4 Å². The lowest BCUT2D eigenvalue weighted by Gasteiger charge is -2.08. The van der Waals surface area contributed by atoms with E-state index in [1.807, 2.05) is 6.07 Å². The van der Waals surface area contributed by atoms with E-state index in [0.29, 0.717) is 12.1 Å². The highest BCUT2D eigenvalue weighted by atomic mass is 16.5. The highest BCUT2D eigenvalue weighted by molar-refractivity contribution is 5.96. The first kappa shape index (κ1) is 9.19. The van der Waals surface area contributed by atoms with Crippen molar-refractivity contribution in [1.82, 2.24) is 4.98 Å². The average Bonchev–Trinajstić information content (AvgIpc) is 2.41. The molecule has 3 heteroatoms. The zero-order valence-corrected chi connectivity index (χ0v) is 8.25. The van der Waals surface area contributed by atoms with Crippen LogP contribution in [0.3, 0.4) is 0 Å². The topological polar surface area (TPSA) is 39.2 Å². The summed E-state index contributed by atoms with van der Waals surface area (Å²) in [5.74, 6) is 0.946. The van der Waals surface area contributed by atoms with Gasteiger partial charge in [-0.1, -0.05) is 0 Å².